The van der Waals surface area contributed by atoms with Gasteiger partial charge in [0, 0.05) is 11.6 Å². The molecule has 0 spiro atoms. The van der Waals surface area contributed by atoms with Crippen LogP contribution in [0.5, 0.6) is 11.5 Å². The number of nitrogens with one attached hydrogen (secondary N) is 1. The van der Waals surface area contributed by atoms with Gasteiger partial charge in [-0.05, 0) is 39.3 Å². The van der Waals surface area contributed by atoms with Crippen LogP contribution in [0.15, 0.2) is 17.0 Å². The second-order valence-electron chi connectivity index (χ2n) is 5.33. The maximum Gasteiger partial charge on any atom is 0.241 e. The third-order valence-corrected chi connectivity index (χ3v) is 4.31. The Morgan fingerprint density at radius 2 is 1.53 bits per heavy atom. The van der Waals surface area contributed by atoms with Gasteiger partial charge in [0.1, 0.15) is 0 Å². The summed E-state index contributed by atoms with van der Waals surface area (Å²) in [5.41, 5.74) is 0.0627. The van der Waals surface area contributed by atoms with Crippen LogP contribution in [0.25, 0.3) is 0 Å². The summed E-state index contributed by atoms with van der Waals surface area (Å²) in [4.78, 5) is 0.195. The summed E-state index contributed by atoms with van der Waals surface area (Å²) >= 11 is 0. The number of rotatable bonds is 4. The van der Waals surface area contributed by atoms with Gasteiger partial charge in [-0.2, -0.15) is 0 Å². The third-order valence-electron chi connectivity index (χ3n) is 2.41. The molecular formula is C13H21NO4S. The molecule has 0 heterocycles. The van der Waals surface area contributed by atoms with Crippen LogP contribution in [-0.2, 0) is 10.0 Å². The molecular weight excluding hydrogens is 266 g/mol. The zero-order valence-corrected chi connectivity index (χ0v) is 13.0. The fourth-order valence-electron chi connectivity index (χ4n) is 1.71. The van der Waals surface area contributed by atoms with Gasteiger partial charge in [0.15, 0.2) is 11.5 Å². The van der Waals surface area contributed by atoms with Gasteiger partial charge in [-0.3, -0.25) is 0 Å². The topological polar surface area (TPSA) is 64.6 Å². The molecule has 0 saturated heterocycles. The van der Waals surface area contributed by atoms with Crippen molar-refractivity contribution in [3.63, 3.8) is 0 Å². The summed E-state index contributed by atoms with van der Waals surface area (Å²) in [6.07, 6.45) is 0. The summed E-state index contributed by atoms with van der Waals surface area (Å²) in [5, 5.41) is 0. The van der Waals surface area contributed by atoms with Crippen LogP contribution in [0, 0.1) is 6.92 Å². The lowest BCUT2D eigenvalue weighted by Crippen LogP contribution is -2.40. The zero-order valence-electron chi connectivity index (χ0n) is 12.2. The Morgan fingerprint density at radius 1 is 1.05 bits per heavy atom. The predicted molar refractivity (Wildman–Crippen MR) is 74.4 cm³/mol. The molecule has 0 aromatic heterocycles. The largest absolute Gasteiger partial charge is 0.493 e. The first-order valence-corrected chi connectivity index (χ1v) is 7.35. The lowest BCUT2D eigenvalue weighted by molar-refractivity contribution is 0.353. The van der Waals surface area contributed by atoms with Gasteiger partial charge in [0.2, 0.25) is 10.0 Å². The third kappa shape index (κ3) is 3.84. The minimum atomic E-state index is -3.59. The maximum atomic E-state index is 12.3. The number of ether oxygens (including phenoxy) is 2. The van der Waals surface area contributed by atoms with E-state index in [0.29, 0.717) is 17.1 Å². The van der Waals surface area contributed by atoms with Crippen LogP contribution in [-0.4, -0.2) is 28.2 Å². The molecule has 0 fully saturated rings. The maximum absolute atomic E-state index is 12.3. The molecule has 0 saturated carbocycles. The number of benzene rings is 1. The van der Waals surface area contributed by atoms with Crippen molar-refractivity contribution in [2.75, 3.05) is 14.2 Å². The van der Waals surface area contributed by atoms with E-state index in [9.17, 15) is 8.42 Å². The molecule has 1 N–H and O–H groups in total. The van der Waals surface area contributed by atoms with E-state index in [4.69, 9.17) is 9.47 Å². The summed E-state index contributed by atoms with van der Waals surface area (Å²) in [7, 11) is -0.606. The van der Waals surface area contributed by atoms with Gasteiger partial charge in [-0.1, -0.05) is 0 Å². The number of hydrogen-bond acceptors (Lipinski definition) is 4. The van der Waals surface area contributed by atoms with E-state index >= 15 is 0 Å². The Kier molecular flexibility index (Phi) is 4.47. The van der Waals surface area contributed by atoms with Crippen molar-refractivity contribution < 1.29 is 17.9 Å². The highest BCUT2D eigenvalue weighted by Gasteiger charge is 2.25. The number of methoxy groups -OCH3 is 2. The van der Waals surface area contributed by atoms with Gasteiger partial charge < -0.3 is 9.47 Å². The van der Waals surface area contributed by atoms with E-state index in [-0.39, 0.29) is 4.90 Å². The van der Waals surface area contributed by atoms with Gasteiger partial charge >= 0.3 is 0 Å². The SMILES string of the molecule is COc1cc(C)c(S(=O)(=O)NC(C)(C)C)cc1OC. The fourth-order valence-corrected chi connectivity index (χ4v) is 3.37. The van der Waals surface area contributed by atoms with E-state index in [2.05, 4.69) is 4.72 Å². The molecule has 5 nitrogen and oxygen atoms in total. The van der Waals surface area contributed by atoms with Crippen LogP contribution in [0.1, 0.15) is 26.3 Å². The smallest absolute Gasteiger partial charge is 0.241 e. The monoisotopic (exact) mass is 287 g/mol. The van der Waals surface area contributed by atoms with Crippen molar-refractivity contribution in [2.24, 2.45) is 0 Å². The average Bonchev–Trinajstić information content (AvgIpc) is 2.24. The van der Waals surface area contributed by atoms with Gasteiger partial charge in [-0.15, -0.1) is 0 Å². The molecule has 1 aromatic rings. The summed E-state index contributed by atoms with van der Waals surface area (Å²) in [5.74, 6) is 0.900. The standard InChI is InChI=1S/C13H21NO4S/c1-9-7-10(17-5)11(18-6)8-12(9)19(15,16)14-13(2,3)4/h7-8,14H,1-6H3. The van der Waals surface area contributed by atoms with Crippen molar-refractivity contribution in [3.05, 3.63) is 17.7 Å². The molecule has 0 atom stereocenters. The van der Waals surface area contributed by atoms with Gasteiger partial charge in [-0.25, -0.2) is 13.1 Å². The van der Waals surface area contributed by atoms with Crippen LogP contribution in [0.4, 0.5) is 0 Å². The zero-order chi connectivity index (χ0) is 14.8. The molecule has 6 heteroatoms. The number of sulfonamides is 1. The van der Waals surface area contributed by atoms with E-state index in [1.54, 1.807) is 33.8 Å². The highest BCUT2D eigenvalue weighted by Crippen LogP contribution is 2.32. The van der Waals surface area contributed by atoms with E-state index in [0.717, 1.165) is 0 Å². The summed E-state index contributed by atoms with van der Waals surface area (Å²) in [6.45, 7) is 7.10. The normalized spacial score (nSPS) is 12.3. The molecule has 0 aliphatic rings. The molecule has 1 aromatic carbocycles. The van der Waals surface area contributed by atoms with E-state index < -0.39 is 15.6 Å². The second kappa shape index (κ2) is 5.38. The van der Waals surface area contributed by atoms with Crippen LogP contribution >= 0.6 is 0 Å². The number of hydrogen-bond donors (Lipinski definition) is 1. The second-order valence-corrected chi connectivity index (χ2v) is 6.98. The predicted octanol–water partition coefficient (Wildman–Crippen LogP) is 2.09. The van der Waals surface area contributed by atoms with Crippen LogP contribution in [0.2, 0.25) is 0 Å². The van der Waals surface area contributed by atoms with Crippen molar-refractivity contribution in [1.29, 1.82) is 0 Å². The van der Waals surface area contributed by atoms with Gasteiger partial charge in [0.05, 0.1) is 19.1 Å². The number of aryl methyl sites for hydroxylation is 1. The Balaban J connectivity index is 3.35. The summed E-state index contributed by atoms with van der Waals surface area (Å²) < 4.78 is 37.6. The minimum Gasteiger partial charge on any atom is -0.493 e. The van der Waals surface area contributed by atoms with Crippen molar-refractivity contribution in [3.8, 4) is 11.5 Å². The Morgan fingerprint density at radius 3 is 1.95 bits per heavy atom. The molecule has 0 aliphatic heterocycles. The van der Waals surface area contributed by atoms with Crippen LogP contribution < -0.4 is 14.2 Å². The molecule has 19 heavy (non-hydrogen) atoms. The van der Waals surface area contributed by atoms with Gasteiger partial charge in [0.25, 0.3) is 0 Å². The highest BCUT2D eigenvalue weighted by molar-refractivity contribution is 7.89. The highest BCUT2D eigenvalue weighted by atomic mass is 32.2. The average molecular weight is 287 g/mol. The lowest BCUT2D eigenvalue weighted by atomic mass is 10.1. The van der Waals surface area contributed by atoms with Crippen molar-refractivity contribution in [1.82, 2.24) is 4.72 Å². The summed E-state index contributed by atoms with van der Waals surface area (Å²) in [6, 6.07) is 3.12. The van der Waals surface area contributed by atoms with E-state index in [1.807, 2.05) is 0 Å². The fraction of sp³-hybridized carbons (Fsp3) is 0.538. The Hall–Kier alpha value is -1.27. The molecule has 0 amide bonds. The van der Waals surface area contributed by atoms with E-state index in [1.165, 1.54) is 20.3 Å². The molecule has 1 rings (SSSR count). The lowest BCUT2D eigenvalue weighted by Gasteiger charge is -2.21. The molecule has 108 valence electrons. The minimum absolute atomic E-state index is 0.195. The first kappa shape index (κ1) is 15.8. The molecule has 0 radical (unpaired) electrons. The first-order valence-electron chi connectivity index (χ1n) is 5.87. The quantitative estimate of drug-likeness (QED) is 0.921. The Labute approximate surface area is 115 Å². The first-order chi connectivity index (χ1) is 8.60. The van der Waals surface area contributed by atoms with Crippen LogP contribution in [0.3, 0.4) is 0 Å². The van der Waals surface area contributed by atoms with Crippen molar-refractivity contribution in [2.45, 2.75) is 38.1 Å². The van der Waals surface area contributed by atoms with Crippen molar-refractivity contribution >= 4 is 10.0 Å². The molecule has 0 unspecified atom stereocenters. The molecule has 0 aliphatic carbocycles. The molecule has 0 bridgehead atoms. The Bertz CT molecular complexity index is 559.